The summed E-state index contributed by atoms with van der Waals surface area (Å²) in [5.74, 6) is 0. The molecule has 1 heteroatoms. The Labute approximate surface area is 254 Å². The molecule has 0 aliphatic heterocycles. The Morgan fingerprint density at radius 3 is 1.67 bits per heavy atom. The van der Waals surface area contributed by atoms with Crippen molar-refractivity contribution in [1.29, 1.82) is 0 Å². The Kier molecular flexibility index (Phi) is 4.45. The monoisotopic (exact) mass is 550 g/mol. The SMILES string of the molecule is [2H]c1c([2H])c(-c2c3ccccc3c(-c3cccc4oc5ccccc5c34)c3ccccc23)c([2H])c([2H])c1-c1ccc2ccccc2c1. The van der Waals surface area contributed by atoms with E-state index in [9.17, 15) is 5.48 Å². The van der Waals surface area contributed by atoms with Gasteiger partial charge in [-0.25, -0.2) is 0 Å². The van der Waals surface area contributed by atoms with E-state index in [0.717, 1.165) is 65.4 Å². The Morgan fingerprint density at radius 1 is 0.395 bits per heavy atom. The molecular formula is C42H26O. The lowest BCUT2D eigenvalue weighted by Crippen LogP contribution is -1.91. The van der Waals surface area contributed by atoms with Crippen molar-refractivity contribution in [2.45, 2.75) is 0 Å². The molecule has 0 N–H and O–H groups in total. The molecule has 0 radical (unpaired) electrons. The van der Waals surface area contributed by atoms with Crippen molar-refractivity contribution < 1.29 is 9.90 Å². The van der Waals surface area contributed by atoms with Crippen molar-refractivity contribution in [2.24, 2.45) is 0 Å². The first-order valence-electron chi connectivity index (χ1n) is 16.4. The van der Waals surface area contributed by atoms with Gasteiger partial charge in [0.05, 0.1) is 5.48 Å². The van der Waals surface area contributed by atoms with Gasteiger partial charge in [0.25, 0.3) is 0 Å². The minimum absolute atomic E-state index is 0.0526. The summed E-state index contributed by atoms with van der Waals surface area (Å²) < 4.78 is 43.4. The van der Waals surface area contributed by atoms with Crippen LogP contribution in [0.1, 0.15) is 5.48 Å². The molecule has 0 aliphatic carbocycles. The van der Waals surface area contributed by atoms with Gasteiger partial charge in [0.1, 0.15) is 11.2 Å². The van der Waals surface area contributed by atoms with Crippen LogP contribution in [0.3, 0.4) is 0 Å². The molecule has 0 atom stereocenters. The van der Waals surface area contributed by atoms with Crippen LogP contribution in [0.5, 0.6) is 0 Å². The Morgan fingerprint density at radius 2 is 0.953 bits per heavy atom. The lowest BCUT2D eigenvalue weighted by Gasteiger charge is -2.18. The van der Waals surface area contributed by atoms with Crippen LogP contribution >= 0.6 is 0 Å². The number of benzene rings is 8. The molecule has 9 aromatic rings. The van der Waals surface area contributed by atoms with Crippen LogP contribution in [-0.2, 0) is 0 Å². The van der Waals surface area contributed by atoms with Gasteiger partial charge in [-0.05, 0) is 83.9 Å². The van der Waals surface area contributed by atoms with Gasteiger partial charge < -0.3 is 4.42 Å². The van der Waals surface area contributed by atoms with E-state index in [1.807, 2.05) is 109 Å². The molecule has 0 saturated carbocycles. The molecule has 0 aliphatic rings. The van der Waals surface area contributed by atoms with Crippen molar-refractivity contribution in [2.75, 3.05) is 0 Å². The Bertz CT molecular complexity index is 2650. The highest BCUT2D eigenvalue weighted by atomic mass is 16.3. The van der Waals surface area contributed by atoms with E-state index in [0.29, 0.717) is 22.3 Å². The van der Waals surface area contributed by atoms with Crippen LogP contribution in [0.2, 0.25) is 0 Å². The first-order valence-corrected chi connectivity index (χ1v) is 14.4. The average Bonchev–Trinajstić information content (AvgIpc) is 3.50. The summed E-state index contributed by atoms with van der Waals surface area (Å²) in [6.07, 6.45) is 0. The molecule has 200 valence electrons. The largest absolute Gasteiger partial charge is 0.456 e. The van der Waals surface area contributed by atoms with Gasteiger partial charge in [0, 0.05) is 10.8 Å². The molecule has 0 unspecified atom stereocenters. The van der Waals surface area contributed by atoms with Crippen molar-refractivity contribution in [3.05, 3.63) is 158 Å². The Balaban J connectivity index is 1.37. The summed E-state index contributed by atoms with van der Waals surface area (Å²) >= 11 is 0. The first-order chi connectivity index (χ1) is 23.0. The molecule has 8 aromatic carbocycles. The van der Waals surface area contributed by atoms with Gasteiger partial charge in [-0.3, -0.25) is 0 Å². The van der Waals surface area contributed by atoms with Crippen LogP contribution < -0.4 is 0 Å². The van der Waals surface area contributed by atoms with Gasteiger partial charge in [0.2, 0.25) is 0 Å². The van der Waals surface area contributed by atoms with Gasteiger partial charge >= 0.3 is 0 Å². The lowest BCUT2D eigenvalue weighted by molar-refractivity contribution is 0.669. The standard InChI is InChI=1S/C42H26O/c1-2-11-30-26-31(25-22-27(30)10-1)28-20-23-29(24-21-28)40-32-12-3-5-14-34(32)41(35-15-6-4-13-33(35)40)37-17-9-19-39-42(37)36-16-7-8-18-38(36)43-39/h1-26H/i20D,21D,23D,24D. The van der Waals surface area contributed by atoms with Crippen LogP contribution in [-0.4, -0.2) is 0 Å². The number of rotatable bonds is 3. The van der Waals surface area contributed by atoms with E-state index in [1.165, 1.54) is 0 Å². The van der Waals surface area contributed by atoms with E-state index >= 15 is 0 Å². The zero-order valence-corrected chi connectivity index (χ0v) is 23.1. The zero-order valence-electron chi connectivity index (χ0n) is 27.1. The minimum Gasteiger partial charge on any atom is -0.456 e. The summed E-state index contributed by atoms with van der Waals surface area (Å²) in [4.78, 5) is 0. The van der Waals surface area contributed by atoms with Crippen LogP contribution in [0.4, 0.5) is 0 Å². The fraction of sp³-hybridized carbons (Fsp3) is 0. The molecule has 1 aromatic heterocycles. The zero-order chi connectivity index (χ0) is 31.8. The average molecular weight is 551 g/mol. The highest BCUT2D eigenvalue weighted by Gasteiger charge is 2.20. The fourth-order valence-electron chi connectivity index (χ4n) is 6.60. The predicted molar refractivity (Wildman–Crippen MR) is 183 cm³/mol. The third-order valence-electron chi connectivity index (χ3n) is 8.52. The fourth-order valence-corrected chi connectivity index (χ4v) is 6.60. The van der Waals surface area contributed by atoms with E-state index in [-0.39, 0.29) is 24.2 Å². The number of furan rings is 1. The van der Waals surface area contributed by atoms with E-state index in [4.69, 9.17) is 4.42 Å². The first kappa shape index (κ1) is 20.3. The summed E-state index contributed by atoms with van der Waals surface area (Å²) in [7, 11) is 0. The number of hydrogen-bond donors (Lipinski definition) is 0. The lowest BCUT2D eigenvalue weighted by atomic mass is 9.84. The third kappa shape index (κ3) is 3.72. The van der Waals surface area contributed by atoms with Crippen LogP contribution in [0.25, 0.3) is 87.6 Å². The maximum atomic E-state index is 9.37. The molecule has 0 amide bonds. The molecule has 43 heavy (non-hydrogen) atoms. The topological polar surface area (TPSA) is 13.1 Å². The van der Waals surface area contributed by atoms with E-state index in [1.54, 1.807) is 0 Å². The maximum Gasteiger partial charge on any atom is 0.136 e. The van der Waals surface area contributed by atoms with Gasteiger partial charge in [-0.2, -0.15) is 0 Å². The van der Waals surface area contributed by atoms with E-state index in [2.05, 4.69) is 24.3 Å². The summed E-state index contributed by atoms with van der Waals surface area (Å²) in [5, 5.41) is 7.79. The number of fused-ring (bicyclic) bond motifs is 6. The quantitative estimate of drug-likeness (QED) is 0.199. The van der Waals surface area contributed by atoms with Crippen molar-refractivity contribution in [3.8, 4) is 33.4 Å². The van der Waals surface area contributed by atoms with Gasteiger partial charge in [-0.15, -0.1) is 0 Å². The summed E-state index contributed by atoms with van der Waals surface area (Å²) in [5.41, 5.74) is 5.69. The normalized spacial score (nSPS) is 13.0. The third-order valence-corrected chi connectivity index (χ3v) is 8.52. The molecule has 0 fully saturated rings. The molecule has 1 nitrogen and oxygen atoms in total. The van der Waals surface area contributed by atoms with Crippen molar-refractivity contribution in [1.82, 2.24) is 0 Å². The minimum atomic E-state index is -0.0554. The predicted octanol–water partition coefficient (Wildman–Crippen LogP) is 12.0. The smallest absolute Gasteiger partial charge is 0.136 e. The molecular weight excluding hydrogens is 520 g/mol. The molecule has 0 bridgehead atoms. The Hall–Kier alpha value is -5.66. The highest BCUT2D eigenvalue weighted by molar-refractivity contribution is 6.25. The van der Waals surface area contributed by atoms with Crippen LogP contribution in [0.15, 0.2) is 162 Å². The van der Waals surface area contributed by atoms with Gasteiger partial charge in [-0.1, -0.05) is 139 Å². The van der Waals surface area contributed by atoms with Gasteiger partial charge in [0.15, 0.2) is 0 Å². The van der Waals surface area contributed by atoms with Crippen molar-refractivity contribution in [3.63, 3.8) is 0 Å². The summed E-state index contributed by atoms with van der Waals surface area (Å²) in [6, 6.07) is 43.9. The van der Waals surface area contributed by atoms with E-state index < -0.39 is 0 Å². The second-order valence-electron chi connectivity index (χ2n) is 10.9. The molecule has 0 saturated heterocycles. The number of para-hydroxylation sites is 1. The molecule has 1 heterocycles. The number of hydrogen-bond acceptors (Lipinski definition) is 1. The molecule has 0 spiro atoms. The summed E-state index contributed by atoms with van der Waals surface area (Å²) in [6.45, 7) is 0. The molecule has 9 rings (SSSR count). The second kappa shape index (κ2) is 9.44. The maximum absolute atomic E-state index is 9.37. The van der Waals surface area contributed by atoms with Crippen molar-refractivity contribution >= 4 is 54.3 Å². The van der Waals surface area contributed by atoms with Crippen LogP contribution in [0, 0.1) is 0 Å². The second-order valence-corrected chi connectivity index (χ2v) is 10.9. The highest BCUT2D eigenvalue weighted by Crippen LogP contribution is 2.46.